The lowest BCUT2D eigenvalue weighted by Gasteiger charge is -2.30. The third-order valence-electron chi connectivity index (χ3n) is 3.27. The molecule has 0 radical (unpaired) electrons. The number of amides is 3. The first kappa shape index (κ1) is 18.4. The Balaban J connectivity index is 2.03. The van der Waals surface area contributed by atoms with Gasteiger partial charge in [-0.25, -0.2) is 10.0 Å². The summed E-state index contributed by atoms with van der Waals surface area (Å²) in [5, 5.41) is 6.53. The van der Waals surface area contributed by atoms with Crippen LogP contribution in [0.1, 0.15) is 27.7 Å². The van der Waals surface area contributed by atoms with E-state index in [1.807, 2.05) is 26.8 Å². The normalized spacial score (nSPS) is 17.4. The van der Waals surface area contributed by atoms with Crippen LogP contribution in [0.3, 0.4) is 0 Å². The van der Waals surface area contributed by atoms with Gasteiger partial charge in [-0.2, -0.15) is 0 Å². The van der Waals surface area contributed by atoms with Crippen LogP contribution in [0.25, 0.3) is 0 Å². The van der Waals surface area contributed by atoms with E-state index in [-0.39, 0.29) is 29.7 Å². The number of para-hydroxylation sites is 1. The Labute approximate surface area is 146 Å². The molecule has 1 aliphatic heterocycles. The van der Waals surface area contributed by atoms with Crippen LogP contribution in [0.15, 0.2) is 35.3 Å². The number of hydrazine groups is 1. The van der Waals surface area contributed by atoms with Crippen molar-refractivity contribution in [2.24, 2.45) is 4.99 Å². The zero-order valence-electron chi connectivity index (χ0n) is 14.8. The van der Waals surface area contributed by atoms with Crippen molar-refractivity contribution in [2.75, 3.05) is 11.6 Å². The highest BCUT2D eigenvalue weighted by Gasteiger charge is 2.30. The minimum atomic E-state index is -0.703. The van der Waals surface area contributed by atoms with Gasteiger partial charge in [-0.1, -0.05) is 18.2 Å². The standard InChI is InChI=1S/C17H23N5O3/c1-11-16(25)22(12-8-6-5-7-9-12)21-14(19-11)15(24)18-10-13(23)20-17(2,3)4/h5-9,11H,10H2,1-4H3,(H,18,24)(H,19,21)(H,20,23)/t11-/m0/s1. The molecule has 1 aliphatic rings. The molecular weight excluding hydrogens is 322 g/mol. The molecule has 2 rings (SSSR count). The van der Waals surface area contributed by atoms with Crippen molar-refractivity contribution < 1.29 is 14.4 Å². The number of rotatable bonds is 4. The predicted molar refractivity (Wildman–Crippen MR) is 94.9 cm³/mol. The second kappa shape index (κ2) is 7.33. The Morgan fingerprint density at radius 1 is 1.24 bits per heavy atom. The average molecular weight is 345 g/mol. The van der Waals surface area contributed by atoms with Gasteiger partial charge in [0, 0.05) is 5.54 Å². The summed E-state index contributed by atoms with van der Waals surface area (Å²) < 4.78 is 0. The van der Waals surface area contributed by atoms with Crippen LogP contribution < -0.4 is 21.1 Å². The van der Waals surface area contributed by atoms with Gasteiger partial charge in [0.15, 0.2) is 0 Å². The van der Waals surface area contributed by atoms with Crippen molar-refractivity contribution in [1.29, 1.82) is 0 Å². The topological polar surface area (TPSA) is 103 Å². The molecule has 8 heteroatoms. The Morgan fingerprint density at radius 3 is 2.48 bits per heavy atom. The molecule has 1 aromatic carbocycles. The second-order valence-electron chi connectivity index (χ2n) is 6.76. The fourth-order valence-electron chi connectivity index (χ4n) is 2.21. The highest BCUT2D eigenvalue weighted by atomic mass is 16.2. The fraction of sp³-hybridized carbons (Fsp3) is 0.412. The molecule has 0 saturated carbocycles. The van der Waals surface area contributed by atoms with Crippen LogP contribution >= 0.6 is 0 Å². The number of amidine groups is 1. The number of carbonyl (C=O) groups excluding carboxylic acids is 3. The van der Waals surface area contributed by atoms with Crippen molar-refractivity contribution >= 4 is 29.2 Å². The van der Waals surface area contributed by atoms with Gasteiger partial charge in [-0.15, -0.1) is 0 Å². The predicted octanol–water partition coefficient (Wildman–Crippen LogP) is 0.356. The zero-order chi connectivity index (χ0) is 18.6. The Bertz CT molecular complexity index is 694. The number of nitrogens with one attached hydrogen (secondary N) is 3. The van der Waals surface area contributed by atoms with Crippen LogP contribution in [0.4, 0.5) is 5.69 Å². The summed E-state index contributed by atoms with van der Waals surface area (Å²) >= 11 is 0. The fourth-order valence-corrected chi connectivity index (χ4v) is 2.21. The monoisotopic (exact) mass is 345 g/mol. The van der Waals surface area contributed by atoms with Crippen LogP contribution in [0.2, 0.25) is 0 Å². The van der Waals surface area contributed by atoms with E-state index in [1.54, 1.807) is 31.2 Å². The number of carbonyl (C=O) groups is 3. The molecule has 3 amide bonds. The van der Waals surface area contributed by atoms with Crippen molar-refractivity contribution in [2.45, 2.75) is 39.3 Å². The molecule has 3 N–H and O–H groups in total. The summed E-state index contributed by atoms with van der Waals surface area (Å²) in [4.78, 5) is 40.4. The molecule has 8 nitrogen and oxygen atoms in total. The lowest BCUT2D eigenvalue weighted by molar-refractivity contribution is -0.124. The number of anilines is 1. The number of nitrogens with zero attached hydrogens (tertiary/aromatic N) is 2. The molecule has 134 valence electrons. The molecule has 25 heavy (non-hydrogen) atoms. The van der Waals surface area contributed by atoms with Gasteiger partial charge >= 0.3 is 0 Å². The van der Waals surface area contributed by atoms with Crippen molar-refractivity contribution in [3.63, 3.8) is 0 Å². The Kier molecular flexibility index (Phi) is 5.41. The van der Waals surface area contributed by atoms with E-state index in [0.29, 0.717) is 5.69 Å². The van der Waals surface area contributed by atoms with Crippen LogP contribution in [-0.2, 0) is 14.4 Å². The molecule has 0 aromatic heterocycles. The maximum absolute atomic E-state index is 12.3. The number of benzene rings is 1. The maximum Gasteiger partial charge on any atom is 0.288 e. The van der Waals surface area contributed by atoms with Gasteiger partial charge in [-0.3, -0.25) is 19.8 Å². The minimum absolute atomic E-state index is 0.0143. The molecule has 0 saturated heterocycles. The molecule has 0 unspecified atom stereocenters. The van der Waals surface area contributed by atoms with E-state index in [9.17, 15) is 14.4 Å². The lowest BCUT2D eigenvalue weighted by Crippen LogP contribution is -2.58. The van der Waals surface area contributed by atoms with E-state index in [1.165, 1.54) is 5.01 Å². The SMILES string of the molecule is C[C@@H]1N=C(C(=O)NCC(=O)NC(C)(C)C)NN(c2ccccc2)C1=O. The first-order valence-corrected chi connectivity index (χ1v) is 8.00. The van der Waals surface area contributed by atoms with E-state index >= 15 is 0 Å². The van der Waals surface area contributed by atoms with Crippen LogP contribution in [0, 0.1) is 0 Å². The van der Waals surface area contributed by atoms with Gasteiger partial charge in [0.25, 0.3) is 11.8 Å². The van der Waals surface area contributed by atoms with Crippen LogP contribution in [0.5, 0.6) is 0 Å². The average Bonchev–Trinajstić information content (AvgIpc) is 2.54. The van der Waals surface area contributed by atoms with Gasteiger partial charge in [0.1, 0.15) is 6.04 Å². The van der Waals surface area contributed by atoms with E-state index < -0.39 is 11.9 Å². The van der Waals surface area contributed by atoms with E-state index in [4.69, 9.17) is 0 Å². The van der Waals surface area contributed by atoms with Crippen LogP contribution in [-0.4, -0.2) is 41.7 Å². The van der Waals surface area contributed by atoms with Crippen molar-refractivity contribution in [3.05, 3.63) is 30.3 Å². The summed E-state index contributed by atoms with van der Waals surface area (Å²) in [7, 11) is 0. The Morgan fingerprint density at radius 2 is 1.88 bits per heavy atom. The molecular formula is C17H23N5O3. The second-order valence-corrected chi connectivity index (χ2v) is 6.76. The highest BCUT2D eigenvalue weighted by Crippen LogP contribution is 2.15. The first-order chi connectivity index (χ1) is 11.7. The summed E-state index contributed by atoms with van der Waals surface area (Å²) in [5.41, 5.74) is 2.93. The molecule has 0 bridgehead atoms. The summed E-state index contributed by atoms with van der Waals surface area (Å²) in [6.45, 7) is 6.99. The first-order valence-electron chi connectivity index (χ1n) is 8.00. The molecule has 1 aromatic rings. The van der Waals surface area contributed by atoms with Gasteiger partial charge < -0.3 is 10.6 Å². The minimum Gasteiger partial charge on any atom is -0.350 e. The van der Waals surface area contributed by atoms with Gasteiger partial charge in [0.2, 0.25) is 11.7 Å². The highest BCUT2D eigenvalue weighted by molar-refractivity contribution is 6.39. The number of aliphatic imine (C=N–C) groups is 1. The molecule has 0 spiro atoms. The summed E-state index contributed by atoms with van der Waals surface area (Å²) in [6, 6.07) is 8.20. The number of hydrogen-bond donors (Lipinski definition) is 3. The molecule has 1 atom stereocenters. The summed E-state index contributed by atoms with van der Waals surface area (Å²) in [5.74, 6) is -1.14. The smallest absolute Gasteiger partial charge is 0.288 e. The lowest BCUT2D eigenvalue weighted by atomic mass is 10.1. The van der Waals surface area contributed by atoms with E-state index in [0.717, 1.165) is 0 Å². The molecule has 0 aliphatic carbocycles. The van der Waals surface area contributed by atoms with Crippen molar-refractivity contribution in [3.8, 4) is 0 Å². The van der Waals surface area contributed by atoms with Gasteiger partial charge in [-0.05, 0) is 39.8 Å². The maximum atomic E-state index is 12.3. The number of hydrogen-bond acceptors (Lipinski definition) is 5. The molecule has 1 heterocycles. The third-order valence-corrected chi connectivity index (χ3v) is 3.27. The molecule has 0 fully saturated rings. The largest absolute Gasteiger partial charge is 0.350 e. The van der Waals surface area contributed by atoms with E-state index in [2.05, 4.69) is 21.1 Å². The third kappa shape index (κ3) is 5.03. The van der Waals surface area contributed by atoms with Crippen molar-refractivity contribution in [1.82, 2.24) is 16.1 Å². The van der Waals surface area contributed by atoms with Gasteiger partial charge in [0.05, 0.1) is 12.2 Å². The zero-order valence-corrected chi connectivity index (χ0v) is 14.8. The summed E-state index contributed by atoms with van der Waals surface area (Å²) in [6.07, 6.45) is 0. The quantitative estimate of drug-likeness (QED) is 0.733. The Hall–Kier alpha value is -2.90.